The lowest BCUT2D eigenvalue weighted by atomic mass is 10.1. The van der Waals surface area contributed by atoms with Crippen molar-refractivity contribution in [1.82, 2.24) is 9.55 Å². The third kappa shape index (κ3) is 1.93. The first-order chi connectivity index (χ1) is 8.47. The van der Waals surface area contributed by atoms with Crippen LogP contribution in [0, 0.1) is 13.8 Å². The molecule has 0 spiro atoms. The molecule has 2 aromatic rings. The normalized spacial score (nSPS) is 12.9. The first-order valence-electron chi connectivity index (χ1n) is 6.13. The molecule has 4 heteroatoms. The number of hydrogen-bond acceptors (Lipinski definition) is 2. The molecule has 0 radical (unpaired) electrons. The average molecular weight is 265 g/mol. The SMILES string of the molecule is CCC(C)n1cnc2c(C)c(C)cc(Cl)c2c1=O. The Balaban J connectivity index is 2.88. The molecule has 18 heavy (non-hydrogen) atoms. The Morgan fingerprint density at radius 2 is 2.11 bits per heavy atom. The fourth-order valence-corrected chi connectivity index (χ4v) is 2.37. The predicted octanol–water partition coefficient (Wildman–Crippen LogP) is 3.64. The number of aryl methyl sites for hydroxylation is 2. The van der Waals surface area contributed by atoms with Crippen molar-refractivity contribution >= 4 is 22.5 Å². The summed E-state index contributed by atoms with van der Waals surface area (Å²) >= 11 is 6.21. The van der Waals surface area contributed by atoms with Crippen molar-refractivity contribution in [3.8, 4) is 0 Å². The van der Waals surface area contributed by atoms with E-state index >= 15 is 0 Å². The highest BCUT2D eigenvalue weighted by Crippen LogP contribution is 2.25. The van der Waals surface area contributed by atoms with Crippen LogP contribution in [0.4, 0.5) is 0 Å². The molecule has 0 fully saturated rings. The van der Waals surface area contributed by atoms with Crippen molar-refractivity contribution in [3.05, 3.63) is 38.9 Å². The number of nitrogens with zero attached hydrogens (tertiary/aromatic N) is 2. The second kappa shape index (κ2) is 4.73. The Morgan fingerprint density at radius 1 is 1.44 bits per heavy atom. The lowest BCUT2D eigenvalue weighted by molar-refractivity contribution is 0.510. The van der Waals surface area contributed by atoms with E-state index in [1.165, 1.54) is 0 Å². The Labute approximate surface area is 111 Å². The number of benzene rings is 1. The number of hydrogen-bond donors (Lipinski definition) is 0. The Morgan fingerprint density at radius 3 is 2.72 bits per heavy atom. The zero-order valence-electron chi connectivity index (χ0n) is 11.1. The van der Waals surface area contributed by atoms with Gasteiger partial charge in [-0.25, -0.2) is 4.98 Å². The van der Waals surface area contributed by atoms with E-state index in [1.807, 2.05) is 33.8 Å². The van der Waals surface area contributed by atoms with Gasteiger partial charge in [0.2, 0.25) is 0 Å². The van der Waals surface area contributed by atoms with E-state index in [4.69, 9.17) is 11.6 Å². The maximum atomic E-state index is 12.5. The van der Waals surface area contributed by atoms with E-state index in [0.29, 0.717) is 15.9 Å². The van der Waals surface area contributed by atoms with Crippen LogP contribution in [0.15, 0.2) is 17.2 Å². The molecule has 0 N–H and O–H groups in total. The summed E-state index contributed by atoms with van der Waals surface area (Å²) in [4.78, 5) is 16.9. The second-order valence-corrected chi connectivity index (χ2v) is 5.15. The molecule has 0 aliphatic carbocycles. The van der Waals surface area contributed by atoms with E-state index in [0.717, 1.165) is 17.5 Å². The van der Waals surface area contributed by atoms with E-state index in [-0.39, 0.29) is 11.6 Å². The summed E-state index contributed by atoms with van der Waals surface area (Å²) in [5.74, 6) is 0. The number of fused-ring (bicyclic) bond motifs is 1. The van der Waals surface area contributed by atoms with Gasteiger partial charge in [-0.3, -0.25) is 9.36 Å². The topological polar surface area (TPSA) is 34.9 Å². The molecule has 96 valence electrons. The number of aromatic nitrogens is 2. The molecule has 0 aliphatic rings. The average Bonchev–Trinajstić information content (AvgIpc) is 2.34. The molecular weight excluding hydrogens is 248 g/mol. The molecule has 1 heterocycles. The van der Waals surface area contributed by atoms with Crippen LogP contribution in [0.3, 0.4) is 0 Å². The molecular formula is C14H17ClN2O. The summed E-state index contributed by atoms with van der Waals surface area (Å²) in [7, 11) is 0. The maximum absolute atomic E-state index is 12.5. The third-order valence-corrected chi connectivity index (χ3v) is 3.89. The lowest BCUT2D eigenvalue weighted by Crippen LogP contribution is -2.24. The van der Waals surface area contributed by atoms with Gasteiger partial charge in [0.15, 0.2) is 0 Å². The van der Waals surface area contributed by atoms with Crippen molar-refractivity contribution in [2.24, 2.45) is 0 Å². The molecule has 0 saturated carbocycles. The van der Waals surface area contributed by atoms with Gasteiger partial charge >= 0.3 is 0 Å². The van der Waals surface area contributed by atoms with Gasteiger partial charge in [-0.2, -0.15) is 0 Å². The van der Waals surface area contributed by atoms with Crippen LogP contribution in [0.25, 0.3) is 10.9 Å². The van der Waals surface area contributed by atoms with Crippen LogP contribution in [0.2, 0.25) is 5.02 Å². The van der Waals surface area contributed by atoms with Crippen LogP contribution >= 0.6 is 11.6 Å². The molecule has 0 saturated heterocycles. The summed E-state index contributed by atoms with van der Waals surface area (Å²) in [6, 6.07) is 1.97. The highest BCUT2D eigenvalue weighted by Gasteiger charge is 2.14. The largest absolute Gasteiger partial charge is 0.296 e. The van der Waals surface area contributed by atoms with Crippen molar-refractivity contribution in [2.45, 2.75) is 40.2 Å². The molecule has 1 aromatic heterocycles. The van der Waals surface area contributed by atoms with E-state index in [9.17, 15) is 4.79 Å². The van der Waals surface area contributed by atoms with Crippen LogP contribution in [-0.4, -0.2) is 9.55 Å². The van der Waals surface area contributed by atoms with E-state index in [1.54, 1.807) is 10.9 Å². The zero-order chi connectivity index (χ0) is 13.4. The maximum Gasteiger partial charge on any atom is 0.262 e. The van der Waals surface area contributed by atoms with Crippen molar-refractivity contribution in [3.63, 3.8) is 0 Å². The van der Waals surface area contributed by atoms with Crippen molar-refractivity contribution < 1.29 is 0 Å². The molecule has 0 bridgehead atoms. The molecule has 3 nitrogen and oxygen atoms in total. The van der Waals surface area contributed by atoms with Crippen molar-refractivity contribution in [1.29, 1.82) is 0 Å². The Kier molecular flexibility index (Phi) is 3.44. The number of rotatable bonds is 2. The Bertz CT molecular complexity index is 661. The van der Waals surface area contributed by atoms with Gasteiger partial charge in [0.1, 0.15) is 0 Å². The molecule has 1 aromatic carbocycles. The first-order valence-corrected chi connectivity index (χ1v) is 6.51. The lowest BCUT2D eigenvalue weighted by Gasteiger charge is -2.14. The summed E-state index contributed by atoms with van der Waals surface area (Å²) in [5.41, 5.74) is 2.73. The van der Waals surface area contributed by atoms with Gasteiger partial charge in [-0.1, -0.05) is 18.5 Å². The van der Waals surface area contributed by atoms with Crippen molar-refractivity contribution in [2.75, 3.05) is 0 Å². The smallest absolute Gasteiger partial charge is 0.262 e. The van der Waals surface area contributed by atoms with Crippen LogP contribution in [0.5, 0.6) is 0 Å². The Hall–Kier alpha value is -1.35. The minimum absolute atomic E-state index is 0.0533. The van der Waals surface area contributed by atoms with Gasteiger partial charge in [0, 0.05) is 6.04 Å². The minimum atomic E-state index is -0.0533. The standard InChI is InChI=1S/C14H17ClN2O/c1-5-9(3)17-7-16-13-10(4)8(2)6-11(15)12(13)14(17)18/h6-7,9H,5H2,1-4H3. The van der Waals surface area contributed by atoms with Gasteiger partial charge in [0.05, 0.1) is 22.3 Å². The third-order valence-electron chi connectivity index (χ3n) is 3.59. The highest BCUT2D eigenvalue weighted by molar-refractivity contribution is 6.35. The quantitative estimate of drug-likeness (QED) is 0.830. The molecule has 1 unspecified atom stereocenters. The molecule has 0 aliphatic heterocycles. The predicted molar refractivity (Wildman–Crippen MR) is 75.5 cm³/mol. The molecule has 0 amide bonds. The number of halogens is 1. The summed E-state index contributed by atoms with van der Waals surface area (Å²) in [6.07, 6.45) is 2.51. The van der Waals surface area contributed by atoms with Crippen LogP contribution in [0.1, 0.15) is 37.4 Å². The fourth-order valence-electron chi connectivity index (χ4n) is 2.03. The fraction of sp³-hybridized carbons (Fsp3) is 0.429. The zero-order valence-corrected chi connectivity index (χ0v) is 11.9. The van der Waals surface area contributed by atoms with Crippen LogP contribution in [-0.2, 0) is 0 Å². The highest BCUT2D eigenvalue weighted by atomic mass is 35.5. The summed E-state index contributed by atoms with van der Waals surface area (Å²) in [5, 5.41) is 1.02. The monoisotopic (exact) mass is 264 g/mol. The van der Waals surface area contributed by atoms with Gasteiger partial charge in [0.25, 0.3) is 5.56 Å². The minimum Gasteiger partial charge on any atom is -0.296 e. The van der Waals surface area contributed by atoms with E-state index < -0.39 is 0 Å². The first kappa shape index (κ1) is 13.1. The molecule has 2 rings (SSSR count). The molecule has 1 atom stereocenters. The van der Waals surface area contributed by atoms with Gasteiger partial charge < -0.3 is 0 Å². The summed E-state index contributed by atoms with van der Waals surface area (Å²) in [6.45, 7) is 7.99. The van der Waals surface area contributed by atoms with Gasteiger partial charge in [-0.05, 0) is 44.4 Å². The summed E-state index contributed by atoms with van der Waals surface area (Å²) < 4.78 is 1.66. The van der Waals surface area contributed by atoms with E-state index in [2.05, 4.69) is 4.98 Å². The second-order valence-electron chi connectivity index (χ2n) is 4.74. The van der Waals surface area contributed by atoms with Crippen LogP contribution < -0.4 is 5.56 Å². The van der Waals surface area contributed by atoms with Gasteiger partial charge in [-0.15, -0.1) is 0 Å².